The monoisotopic (exact) mass is 470 g/mol. The van der Waals surface area contributed by atoms with E-state index in [1.807, 2.05) is 0 Å². The molecule has 3 rings (SSSR count). The Morgan fingerprint density at radius 3 is 2.66 bits per heavy atom. The highest BCUT2D eigenvalue weighted by atomic mass is 35.5. The van der Waals surface area contributed by atoms with E-state index >= 15 is 0 Å². The number of pyridine rings is 1. The van der Waals surface area contributed by atoms with Gasteiger partial charge in [-0.15, -0.1) is 13.2 Å². The Bertz CT molecular complexity index is 1140. The number of rotatable bonds is 7. The van der Waals surface area contributed by atoms with Gasteiger partial charge in [0.15, 0.2) is 11.6 Å². The van der Waals surface area contributed by atoms with Gasteiger partial charge in [-0.1, -0.05) is 18.5 Å². The van der Waals surface area contributed by atoms with Gasteiger partial charge in [0.1, 0.15) is 18.3 Å². The molecular weight excluding hydrogens is 457 g/mol. The Hall–Kier alpha value is -3.74. The maximum Gasteiger partial charge on any atom is 0.573 e. The third-order valence-corrected chi connectivity index (χ3v) is 4.34. The van der Waals surface area contributed by atoms with Crippen molar-refractivity contribution in [2.45, 2.75) is 25.7 Å². The molecule has 0 unspecified atom stereocenters. The van der Waals surface area contributed by atoms with Gasteiger partial charge in [0, 0.05) is 16.7 Å². The van der Waals surface area contributed by atoms with Gasteiger partial charge in [0.05, 0.1) is 11.0 Å². The van der Waals surface area contributed by atoms with Gasteiger partial charge >= 0.3 is 6.36 Å². The third-order valence-electron chi connectivity index (χ3n) is 4.13. The Kier molecular flexibility index (Phi) is 6.58. The Morgan fingerprint density at radius 1 is 1.31 bits per heavy atom. The third kappa shape index (κ3) is 5.49. The van der Waals surface area contributed by atoms with Crippen molar-refractivity contribution in [3.05, 3.63) is 69.4 Å². The van der Waals surface area contributed by atoms with E-state index in [0.29, 0.717) is 6.42 Å². The number of aromatic nitrogens is 4. The number of amides is 1. The first kappa shape index (κ1) is 22.9. The molecule has 10 nitrogen and oxygen atoms in total. The van der Waals surface area contributed by atoms with Crippen LogP contribution in [0.1, 0.15) is 35.6 Å². The molecule has 14 heteroatoms. The van der Waals surface area contributed by atoms with Crippen molar-refractivity contribution < 1.29 is 27.6 Å². The van der Waals surface area contributed by atoms with Gasteiger partial charge in [0.25, 0.3) is 11.6 Å². The maximum atomic E-state index is 12.7. The Morgan fingerprint density at radius 2 is 2.06 bits per heavy atom. The minimum Gasteiger partial charge on any atom is -0.406 e. The molecular formula is C18H14ClF3N6O4. The molecule has 2 heterocycles. The number of alkyl halides is 3. The van der Waals surface area contributed by atoms with Crippen molar-refractivity contribution in [2.75, 3.05) is 0 Å². The van der Waals surface area contributed by atoms with E-state index in [1.54, 1.807) is 6.92 Å². The van der Waals surface area contributed by atoms with Crippen LogP contribution in [0, 0.1) is 10.1 Å². The number of hydrogen-bond acceptors (Lipinski definition) is 7. The van der Waals surface area contributed by atoms with E-state index in [0.717, 1.165) is 18.3 Å². The fourth-order valence-electron chi connectivity index (χ4n) is 2.75. The number of carbonyl (C=O) groups is 1. The number of nitrogens with one attached hydrogen (secondary N) is 1. The zero-order valence-electron chi connectivity index (χ0n) is 16.2. The van der Waals surface area contributed by atoms with Crippen LogP contribution in [0.15, 0.2) is 42.9 Å². The number of hydrogen-bond donors (Lipinski definition) is 1. The molecule has 3 aromatic rings. The molecule has 1 amide bonds. The molecule has 2 aromatic heterocycles. The molecule has 1 N–H and O–H groups in total. The van der Waals surface area contributed by atoms with Crippen LogP contribution >= 0.6 is 11.6 Å². The van der Waals surface area contributed by atoms with Crippen LogP contribution in [0.5, 0.6) is 5.75 Å². The molecule has 0 saturated carbocycles. The molecule has 0 fully saturated rings. The lowest BCUT2D eigenvalue weighted by Crippen LogP contribution is -2.30. The Labute approximate surface area is 183 Å². The second-order valence-electron chi connectivity index (χ2n) is 6.32. The summed E-state index contributed by atoms with van der Waals surface area (Å²) in [5, 5.41) is 17.4. The van der Waals surface area contributed by atoms with E-state index < -0.39 is 29.0 Å². The van der Waals surface area contributed by atoms with E-state index in [2.05, 4.69) is 25.1 Å². The van der Waals surface area contributed by atoms with Crippen LogP contribution in [0.25, 0.3) is 5.82 Å². The van der Waals surface area contributed by atoms with E-state index in [9.17, 15) is 28.1 Å². The lowest BCUT2D eigenvalue weighted by Gasteiger charge is -2.17. The number of halogens is 4. The van der Waals surface area contributed by atoms with Crippen molar-refractivity contribution in [2.24, 2.45) is 0 Å². The van der Waals surface area contributed by atoms with Gasteiger partial charge in [-0.3, -0.25) is 14.9 Å². The second kappa shape index (κ2) is 9.18. The number of benzene rings is 1. The molecule has 0 aliphatic carbocycles. The summed E-state index contributed by atoms with van der Waals surface area (Å²) in [5.41, 5.74) is -0.372. The summed E-state index contributed by atoms with van der Waals surface area (Å²) in [6, 6.07) is 4.91. The summed E-state index contributed by atoms with van der Waals surface area (Å²) in [7, 11) is 0. The van der Waals surface area contributed by atoms with Crippen LogP contribution in [0.4, 0.5) is 18.9 Å². The van der Waals surface area contributed by atoms with Gasteiger partial charge in [-0.2, -0.15) is 9.78 Å². The van der Waals surface area contributed by atoms with E-state index in [4.69, 9.17) is 11.6 Å². The zero-order valence-corrected chi connectivity index (χ0v) is 17.0. The second-order valence-corrected chi connectivity index (χ2v) is 6.76. The summed E-state index contributed by atoms with van der Waals surface area (Å²) in [6.07, 6.45) is -2.35. The van der Waals surface area contributed by atoms with Crippen LogP contribution < -0.4 is 10.1 Å². The van der Waals surface area contributed by atoms with Crippen LogP contribution in [-0.2, 0) is 0 Å². The highest BCUT2D eigenvalue weighted by molar-refractivity contribution is 6.31. The Balaban J connectivity index is 1.84. The molecule has 0 aliphatic heterocycles. The van der Waals surface area contributed by atoms with Crippen LogP contribution in [0.2, 0.25) is 5.02 Å². The van der Waals surface area contributed by atoms with Gasteiger partial charge in [-0.05, 0) is 30.7 Å². The average molecular weight is 471 g/mol. The summed E-state index contributed by atoms with van der Waals surface area (Å²) in [4.78, 5) is 31.0. The minimum absolute atomic E-state index is 0.122. The van der Waals surface area contributed by atoms with Gasteiger partial charge in [-0.25, -0.2) is 9.97 Å². The topological polar surface area (TPSA) is 125 Å². The number of carbonyl (C=O) groups excluding carboxylic acids is 1. The smallest absolute Gasteiger partial charge is 0.406 e. The average Bonchev–Trinajstić information content (AvgIpc) is 3.19. The van der Waals surface area contributed by atoms with Crippen molar-refractivity contribution in [3.8, 4) is 11.6 Å². The minimum atomic E-state index is -4.95. The molecule has 1 aromatic carbocycles. The maximum absolute atomic E-state index is 12.7. The molecule has 0 aliphatic rings. The molecule has 0 spiro atoms. The fourth-order valence-corrected chi connectivity index (χ4v) is 2.98. The molecule has 0 radical (unpaired) electrons. The van der Waals surface area contributed by atoms with E-state index in [1.165, 1.54) is 29.2 Å². The highest BCUT2D eigenvalue weighted by Gasteiger charge is 2.31. The molecule has 1 atom stereocenters. The molecule has 168 valence electrons. The van der Waals surface area contributed by atoms with E-state index in [-0.39, 0.29) is 27.9 Å². The SMILES string of the molecule is CC[C@H](NC(=O)c1cc(Cl)cc(OC(F)(F)F)c1)c1ncnn1-c1ccc([N+](=O)[O-])cn1. The summed E-state index contributed by atoms with van der Waals surface area (Å²) >= 11 is 5.82. The quantitative estimate of drug-likeness (QED) is 0.408. The highest BCUT2D eigenvalue weighted by Crippen LogP contribution is 2.27. The van der Waals surface area contributed by atoms with Gasteiger partial charge in [0.2, 0.25) is 0 Å². The summed E-state index contributed by atoms with van der Waals surface area (Å²) in [6.45, 7) is 1.74. The van der Waals surface area contributed by atoms with Crippen molar-refractivity contribution in [1.82, 2.24) is 25.1 Å². The predicted octanol–water partition coefficient (Wildman–Crippen LogP) is 4.00. The van der Waals surface area contributed by atoms with Gasteiger partial charge < -0.3 is 10.1 Å². The largest absolute Gasteiger partial charge is 0.573 e. The van der Waals surface area contributed by atoms with Crippen molar-refractivity contribution >= 4 is 23.2 Å². The molecule has 32 heavy (non-hydrogen) atoms. The zero-order chi connectivity index (χ0) is 23.5. The first-order valence-corrected chi connectivity index (χ1v) is 9.33. The summed E-state index contributed by atoms with van der Waals surface area (Å²) in [5.74, 6) is -0.880. The number of ether oxygens (including phenoxy) is 1. The molecule has 0 saturated heterocycles. The lowest BCUT2D eigenvalue weighted by molar-refractivity contribution is -0.385. The fraction of sp³-hybridized carbons (Fsp3) is 0.222. The van der Waals surface area contributed by atoms with Crippen molar-refractivity contribution in [3.63, 3.8) is 0 Å². The standard InChI is InChI=1S/C18H14ClF3N6O4/c1-2-14(16-24-9-25-27(16)15-4-3-12(8-23-15)28(30)31)26-17(29)10-5-11(19)7-13(6-10)32-18(20,21)22/h3-9,14H,2H2,1H3,(H,26,29)/t14-/m0/s1. The van der Waals surface area contributed by atoms with Crippen LogP contribution in [0.3, 0.4) is 0 Å². The number of nitrogens with zero attached hydrogens (tertiary/aromatic N) is 5. The number of nitro groups is 1. The molecule has 0 bridgehead atoms. The van der Waals surface area contributed by atoms with Crippen LogP contribution in [-0.4, -0.2) is 36.9 Å². The first-order chi connectivity index (χ1) is 15.1. The first-order valence-electron chi connectivity index (χ1n) is 8.95. The predicted molar refractivity (Wildman–Crippen MR) is 104 cm³/mol. The van der Waals surface area contributed by atoms with Crippen molar-refractivity contribution in [1.29, 1.82) is 0 Å². The normalized spacial score (nSPS) is 12.3. The summed E-state index contributed by atoms with van der Waals surface area (Å²) < 4.78 is 42.6. The lowest BCUT2D eigenvalue weighted by atomic mass is 10.1.